The molecule has 0 spiro atoms. The molecule has 5 rings (SSSR count). The number of carbonyl (C=O) groups excluding carboxylic acids is 2. The van der Waals surface area contributed by atoms with Crippen molar-refractivity contribution in [1.29, 1.82) is 0 Å². The second kappa shape index (κ2) is 11.1. The Balaban J connectivity index is 1.36. The Hall–Kier alpha value is -5.03. The first kappa shape index (κ1) is 23.7. The lowest BCUT2D eigenvalue weighted by molar-refractivity contribution is -0.116. The second-order valence-corrected chi connectivity index (χ2v) is 8.56. The van der Waals surface area contributed by atoms with Crippen LogP contribution in [0.2, 0.25) is 0 Å². The van der Waals surface area contributed by atoms with Crippen LogP contribution >= 0.6 is 0 Å². The SMILES string of the molecule is O=C(N/N=C\c1cccc2ccccc12)c1ccccc1NC(=O)C(c1ccccc1)c1ccccc1. The van der Waals surface area contributed by atoms with Gasteiger partial charge in [0.25, 0.3) is 5.91 Å². The zero-order valence-corrected chi connectivity index (χ0v) is 20.0. The molecule has 0 atom stereocenters. The molecule has 0 aliphatic rings. The van der Waals surface area contributed by atoms with Gasteiger partial charge in [0.05, 0.1) is 23.4 Å². The molecule has 0 aromatic heterocycles. The number of benzene rings is 5. The summed E-state index contributed by atoms with van der Waals surface area (Å²) < 4.78 is 0. The van der Waals surface area contributed by atoms with E-state index in [0.717, 1.165) is 27.5 Å². The first-order valence-electron chi connectivity index (χ1n) is 12.0. The van der Waals surface area contributed by atoms with Crippen molar-refractivity contribution in [1.82, 2.24) is 5.43 Å². The van der Waals surface area contributed by atoms with Crippen LogP contribution in [-0.2, 0) is 4.79 Å². The monoisotopic (exact) mass is 483 g/mol. The summed E-state index contributed by atoms with van der Waals surface area (Å²) in [6.45, 7) is 0. The van der Waals surface area contributed by atoms with E-state index >= 15 is 0 Å². The van der Waals surface area contributed by atoms with Gasteiger partial charge in [-0.1, -0.05) is 115 Å². The Morgan fingerprint density at radius 3 is 1.97 bits per heavy atom. The van der Waals surface area contributed by atoms with E-state index in [2.05, 4.69) is 15.8 Å². The fourth-order valence-corrected chi connectivity index (χ4v) is 4.36. The van der Waals surface area contributed by atoms with Crippen LogP contribution in [0, 0.1) is 0 Å². The lowest BCUT2D eigenvalue weighted by Gasteiger charge is -2.19. The Labute approximate surface area is 215 Å². The van der Waals surface area contributed by atoms with Crippen molar-refractivity contribution < 1.29 is 9.59 Å². The number of rotatable bonds is 7. The maximum absolute atomic E-state index is 13.5. The van der Waals surface area contributed by atoms with Gasteiger partial charge >= 0.3 is 0 Å². The molecule has 0 radical (unpaired) electrons. The molecule has 0 saturated carbocycles. The molecule has 0 aliphatic carbocycles. The third-order valence-corrected chi connectivity index (χ3v) is 6.15. The molecule has 37 heavy (non-hydrogen) atoms. The van der Waals surface area contributed by atoms with Gasteiger partial charge in [0, 0.05) is 5.56 Å². The summed E-state index contributed by atoms with van der Waals surface area (Å²) in [4.78, 5) is 26.6. The summed E-state index contributed by atoms with van der Waals surface area (Å²) in [6, 6.07) is 40.0. The molecule has 5 aromatic rings. The average Bonchev–Trinajstić information content (AvgIpc) is 2.95. The van der Waals surface area contributed by atoms with Crippen LogP contribution in [-0.4, -0.2) is 18.0 Å². The van der Waals surface area contributed by atoms with Gasteiger partial charge in [0.1, 0.15) is 0 Å². The van der Waals surface area contributed by atoms with Crippen LogP contribution < -0.4 is 10.7 Å². The van der Waals surface area contributed by atoms with Crippen molar-refractivity contribution in [3.63, 3.8) is 0 Å². The maximum atomic E-state index is 13.5. The van der Waals surface area contributed by atoms with E-state index in [0.29, 0.717) is 11.3 Å². The lowest BCUT2D eigenvalue weighted by atomic mass is 9.90. The summed E-state index contributed by atoms with van der Waals surface area (Å²) in [6.07, 6.45) is 1.63. The molecule has 2 N–H and O–H groups in total. The smallest absolute Gasteiger partial charge is 0.273 e. The lowest BCUT2D eigenvalue weighted by Crippen LogP contribution is -2.25. The number of nitrogens with zero attached hydrogens (tertiary/aromatic N) is 1. The average molecular weight is 484 g/mol. The number of hydrazone groups is 1. The third kappa shape index (κ3) is 5.46. The number of hydrogen-bond donors (Lipinski definition) is 2. The molecule has 0 saturated heterocycles. The minimum atomic E-state index is -0.525. The van der Waals surface area contributed by atoms with Gasteiger partial charge in [0.15, 0.2) is 0 Å². The number of hydrogen-bond acceptors (Lipinski definition) is 3. The van der Waals surface area contributed by atoms with Gasteiger partial charge in [-0.25, -0.2) is 5.43 Å². The Morgan fingerprint density at radius 1 is 0.649 bits per heavy atom. The number of anilines is 1. The minimum absolute atomic E-state index is 0.225. The van der Waals surface area contributed by atoms with Gasteiger partial charge < -0.3 is 5.32 Å². The molecule has 5 aromatic carbocycles. The Kier molecular flexibility index (Phi) is 7.14. The summed E-state index contributed by atoms with van der Waals surface area (Å²) in [7, 11) is 0. The Morgan fingerprint density at radius 2 is 1.24 bits per heavy atom. The van der Waals surface area contributed by atoms with Gasteiger partial charge in [-0.3, -0.25) is 9.59 Å². The van der Waals surface area contributed by atoms with E-state index in [9.17, 15) is 9.59 Å². The Bertz CT molecular complexity index is 1520. The number of fused-ring (bicyclic) bond motifs is 1. The molecule has 0 aliphatic heterocycles. The number of carbonyl (C=O) groups is 2. The minimum Gasteiger partial charge on any atom is -0.325 e. The second-order valence-electron chi connectivity index (χ2n) is 8.56. The summed E-state index contributed by atoms with van der Waals surface area (Å²) in [5, 5.41) is 9.29. The first-order valence-corrected chi connectivity index (χ1v) is 12.0. The summed E-state index contributed by atoms with van der Waals surface area (Å²) in [5.41, 5.74) is 5.97. The summed E-state index contributed by atoms with van der Waals surface area (Å²) in [5.74, 6) is -1.16. The number of amides is 2. The fraction of sp³-hybridized carbons (Fsp3) is 0.0312. The first-order chi connectivity index (χ1) is 18.2. The third-order valence-electron chi connectivity index (χ3n) is 6.15. The van der Waals surface area contributed by atoms with Crippen molar-refractivity contribution in [2.75, 3.05) is 5.32 Å². The molecule has 0 fully saturated rings. The van der Waals surface area contributed by atoms with E-state index in [-0.39, 0.29) is 5.91 Å². The van der Waals surface area contributed by atoms with Crippen LogP contribution in [0.25, 0.3) is 10.8 Å². The van der Waals surface area contributed by atoms with Gasteiger partial charge in [-0.15, -0.1) is 0 Å². The van der Waals surface area contributed by atoms with Crippen molar-refractivity contribution >= 4 is 34.5 Å². The number of para-hydroxylation sites is 1. The zero-order valence-electron chi connectivity index (χ0n) is 20.0. The zero-order chi connectivity index (χ0) is 25.5. The van der Waals surface area contributed by atoms with Crippen molar-refractivity contribution in [2.24, 2.45) is 5.10 Å². The van der Waals surface area contributed by atoms with E-state index in [1.807, 2.05) is 103 Å². The van der Waals surface area contributed by atoms with Crippen LogP contribution in [0.4, 0.5) is 5.69 Å². The van der Waals surface area contributed by atoms with Gasteiger partial charge in [-0.2, -0.15) is 5.10 Å². The van der Waals surface area contributed by atoms with E-state index in [4.69, 9.17) is 0 Å². The fourth-order valence-electron chi connectivity index (χ4n) is 4.36. The van der Waals surface area contributed by atoms with Crippen molar-refractivity contribution in [3.8, 4) is 0 Å². The highest BCUT2D eigenvalue weighted by atomic mass is 16.2. The molecule has 5 nitrogen and oxygen atoms in total. The van der Waals surface area contributed by atoms with E-state index in [1.54, 1.807) is 30.5 Å². The normalized spacial score (nSPS) is 11.1. The van der Waals surface area contributed by atoms with E-state index < -0.39 is 11.8 Å². The quantitative estimate of drug-likeness (QED) is 0.208. The molecule has 5 heteroatoms. The molecular weight excluding hydrogens is 458 g/mol. The highest BCUT2D eigenvalue weighted by molar-refractivity contribution is 6.06. The molecule has 180 valence electrons. The van der Waals surface area contributed by atoms with E-state index in [1.165, 1.54) is 0 Å². The van der Waals surface area contributed by atoms with Gasteiger partial charge in [-0.05, 0) is 34.0 Å². The molecular formula is C32H25N3O2. The molecule has 0 bridgehead atoms. The predicted molar refractivity (Wildman–Crippen MR) is 149 cm³/mol. The standard InChI is InChI=1S/C32H25N3O2/c36-31(35-33-22-26-18-11-17-23-12-7-8-19-27(23)26)28-20-9-10-21-29(28)34-32(37)30(24-13-3-1-4-14-24)25-15-5-2-6-16-25/h1-22,30H,(H,34,37)(H,35,36)/b33-22-. The summed E-state index contributed by atoms with van der Waals surface area (Å²) >= 11 is 0. The van der Waals surface area contributed by atoms with Crippen LogP contribution in [0.5, 0.6) is 0 Å². The highest BCUT2D eigenvalue weighted by Gasteiger charge is 2.24. The largest absolute Gasteiger partial charge is 0.325 e. The van der Waals surface area contributed by atoms with Crippen LogP contribution in [0.15, 0.2) is 132 Å². The maximum Gasteiger partial charge on any atom is 0.273 e. The van der Waals surface area contributed by atoms with Gasteiger partial charge in [0.2, 0.25) is 5.91 Å². The molecule has 2 amide bonds. The van der Waals surface area contributed by atoms with Crippen LogP contribution in [0.3, 0.4) is 0 Å². The topological polar surface area (TPSA) is 70.6 Å². The molecule has 0 unspecified atom stereocenters. The predicted octanol–water partition coefficient (Wildman–Crippen LogP) is 6.37. The van der Waals surface area contributed by atoms with Crippen LogP contribution in [0.1, 0.15) is 33.0 Å². The number of nitrogens with one attached hydrogen (secondary N) is 2. The van der Waals surface area contributed by atoms with Crippen molar-refractivity contribution in [2.45, 2.75) is 5.92 Å². The highest BCUT2D eigenvalue weighted by Crippen LogP contribution is 2.27. The molecule has 0 heterocycles. The van der Waals surface area contributed by atoms with Crippen molar-refractivity contribution in [3.05, 3.63) is 150 Å².